The Morgan fingerprint density at radius 3 is 1.88 bits per heavy atom. The van der Waals surface area contributed by atoms with Crippen LogP contribution < -0.4 is 16.0 Å². The molecule has 7 N–H and O–H groups in total. The van der Waals surface area contributed by atoms with E-state index >= 15 is 0 Å². The van der Waals surface area contributed by atoms with Crippen LogP contribution in [0.3, 0.4) is 0 Å². The number of carbonyl (C=O) groups is 7. The van der Waals surface area contributed by atoms with Crippen molar-refractivity contribution in [3.05, 3.63) is 39.9 Å². The van der Waals surface area contributed by atoms with Crippen LogP contribution in [0.2, 0.25) is 0 Å². The molecule has 1 rings (SSSR count). The fourth-order valence-corrected chi connectivity index (χ4v) is 3.38. The molecule has 0 aliphatic carbocycles. The highest BCUT2D eigenvalue weighted by atomic mass is 35.5. The number of carboxylic acid groups (broad SMARTS) is 3. The predicted octanol–water partition coefficient (Wildman–Crippen LogP) is -0.756. The monoisotopic (exact) mass is 652 g/mol. The van der Waals surface area contributed by atoms with Gasteiger partial charge in [0.2, 0.25) is 11.8 Å². The number of aliphatic carboxylic acids is 3. The third-order valence-electron chi connectivity index (χ3n) is 5.36. The Hall–Kier alpha value is -4.55. The fraction of sp³-hybridized carbons (Fsp3) is 0.435. The summed E-state index contributed by atoms with van der Waals surface area (Å²) >= 11 is 11.0. The molecule has 0 fully saturated rings. The number of alkyl halides is 2. The minimum atomic E-state index is -1.92. The zero-order valence-corrected chi connectivity index (χ0v) is 23.3. The number of nitro groups is 1. The maximum Gasteiger partial charge on any atom is 0.326 e. The molecule has 43 heavy (non-hydrogen) atoms. The van der Waals surface area contributed by atoms with E-state index < -0.39 is 108 Å². The number of nitrogens with one attached hydrogen (secondary N) is 3. The molecule has 4 atom stereocenters. The average molecular weight is 653 g/mol. The molecule has 20 heteroatoms. The molecular weight excluding hydrogens is 627 g/mol. The molecule has 18 nitrogen and oxygen atoms in total. The number of hydrogen-bond donors (Lipinski definition) is 7. The molecule has 0 aliphatic rings. The summed E-state index contributed by atoms with van der Waals surface area (Å²) in [6, 6.07) is -0.556. The lowest BCUT2D eigenvalue weighted by Gasteiger charge is -2.24. The van der Waals surface area contributed by atoms with E-state index in [1.54, 1.807) is 0 Å². The van der Waals surface area contributed by atoms with E-state index in [0.29, 0.717) is 0 Å². The molecular formula is C23H26Cl2N4O14. The minimum Gasteiger partial charge on any atom is -0.481 e. The van der Waals surface area contributed by atoms with Crippen molar-refractivity contribution in [3.8, 4) is 0 Å². The number of hydrogen-bond acceptors (Lipinski definition) is 11. The Labute approximate surface area is 251 Å². The van der Waals surface area contributed by atoms with E-state index in [4.69, 9.17) is 43.3 Å². The molecule has 236 valence electrons. The summed E-state index contributed by atoms with van der Waals surface area (Å²) in [5, 5.41) is 54.4. The number of aliphatic hydroxyl groups excluding tert-OH is 1. The van der Waals surface area contributed by atoms with Gasteiger partial charge in [0, 0.05) is 18.6 Å². The van der Waals surface area contributed by atoms with Crippen molar-refractivity contribution in [2.75, 3.05) is 6.61 Å². The second-order valence-corrected chi connectivity index (χ2v) is 9.70. The van der Waals surface area contributed by atoms with Crippen molar-refractivity contribution in [1.82, 2.24) is 16.0 Å². The van der Waals surface area contributed by atoms with Crippen molar-refractivity contribution in [2.45, 2.75) is 54.7 Å². The van der Waals surface area contributed by atoms with Crippen molar-refractivity contribution < 1.29 is 63.6 Å². The first-order valence-corrected chi connectivity index (χ1v) is 12.8. The van der Waals surface area contributed by atoms with Crippen molar-refractivity contribution in [2.24, 2.45) is 0 Å². The molecule has 1 aromatic rings. The summed E-state index contributed by atoms with van der Waals surface area (Å²) in [6.07, 6.45) is -4.92. The van der Waals surface area contributed by atoms with Gasteiger partial charge in [0.1, 0.15) is 24.8 Å². The summed E-state index contributed by atoms with van der Waals surface area (Å²) in [4.78, 5) is 90.6. The number of ether oxygens (including phenoxy) is 1. The summed E-state index contributed by atoms with van der Waals surface area (Å²) in [5.41, 5.74) is -0.198. The van der Waals surface area contributed by atoms with Gasteiger partial charge in [0.25, 0.3) is 11.6 Å². The molecule has 0 saturated carbocycles. The number of esters is 1. The van der Waals surface area contributed by atoms with Crippen LogP contribution in [0.25, 0.3) is 0 Å². The Kier molecular flexibility index (Phi) is 14.8. The van der Waals surface area contributed by atoms with Gasteiger partial charge >= 0.3 is 23.9 Å². The number of nitrogens with zero attached hydrogens (tertiary/aromatic N) is 1. The number of amides is 3. The summed E-state index contributed by atoms with van der Waals surface area (Å²) in [7, 11) is 0. The fourth-order valence-electron chi connectivity index (χ4n) is 3.25. The lowest BCUT2D eigenvalue weighted by atomic mass is 10.0. The molecule has 0 spiro atoms. The highest BCUT2D eigenvalue weighted by Crippen LogP contribution is 2.21. The number of benzene rings is 1. The van der Waals surface area contributed by atoms with Crippen LogP contribution in [0.15, 0.2) is 24.3 Å². The number of rotatable bonds is 18. The molecule has 0 aromatic heterocycles. The van der Waals surface area contributed by atoms with E-state index in [0.717, 1.165) is 12.1 Å². The van der Waals surface area contributed by atoms with Gasteiger partial charge in [-0.3, -0.25) is 38.9 Å². The standard InChI is InChI=1S/C23H26Cl2N4O14/c24-20(25)22(38)28-14(19(36)10-1-3-11(4-2-10)29(41)42)9-43-18(35)6-5-15(30)26-12(7-16(31)32)21(37)27-13(23(39)40)8-17(33)34/h1-4,12-14,19-20,36H,5-9H2,(H,26,30)(H,27,37)(H,28,38)(H,31,32)(H,33,34)(H,39,40)/t12-,13-,14+,19+/m0/s1. The van der Waals surface area contributed by atoms with Crippen LogP contribution in [-0.2, 0) is 38.3 Å². The van der Waals surface area contributed by atoms with E-state index in [9.17, 15) is 48.8 Å². The van der Waals surface area contributed by atoms with E-state index in [1.165, 1.54) is 12.1 Å². The highest BCUT2D eigenvalue weighted by molar-refractivity contribution is 6.53. The van der Waals surface area contributed by atoms with Gasteiger partial charge in [0.05, 0.1) is 30.2 Å². The van der Waals surface area contributed by atoms with Crippen LogP contribution in [0, 0.1) is 10.1 Å². The zero-order chi connectivity index (χ0) is 32.9. The first kappa shape index (κ1) is 36.5. The molecule has 0 unspecified atom stereocenters. The molecule has 0 saturated heterocycles. The number of aliphatic hydroxyl groups is 1. The molecule has 0 radical (unpaired) electrons. The molecule has 0 heterocycles. The first-order chi connectivity index (χ1) is 20.0. The topological polar surface area (TPSA) is 289 Å². The van der Waals surface area contributed by atoms with Crippen LogP contribution in [0.4, 0.5) is 5.69 Å². The van der Waals surface area contributed by atoms with Crippen molar-refractivity contribution in [3.63, 3.8) is 0 Å². The van der Waals surface area contributed by atoms with Gasteiger partial charge in [-0.2, -0.15) is 0 Å². The van der Waals surface area contributed by atoms with Crippen molar-refractivity contribution >= 4 is 70.5 Å². The molecule has 1 aromatic carbocycles. The first-order valence-electron chi connectivity index (χ1n) is 11.9. The maximum atomic E-state index is 12.3. The quantitative estimate of drug-likeness (QED) is 0.0444. The number of non-ortho nitro benzene ring substituents is 1. The van der Waals surface area contributed by atoms with Gasteiger partial charge in [-0.05, 0) is 17.7 Å². The van der Waals surface area contributed by atoms with Gasteiger partial charge in [0.15, 0.2) is 4.84 Å². The van der Waals surface area contributed by atoms with Crippen LogP contribution in [0.5, 0.6) is 0 Å². The minimum absolute atomic E-state index is 0.0864. The number of halogens is 2. The molecule has 3 amide bonds. The largest absolute Gasteiger partial charge is 0.481 e. The Morgan fingerprint density at radius 1 is 0.837 bits per heavy atom. The Balaban J connectivity index is 2.83. The van der Waals surface area contributed by atoms with E-state index in [2.05, 4.69) is 5.32 Å². The number of nitro benzene ring substituents is 1. The Bertz CT molecular complexity index is 1230. The van der Waals surface area contributed by atoms with Crippen LogP contribution in [-0.4, -0.2) is 96.5 Å². The second-order valence-electron chi connectivity index (χ2n) is 8.61. The summed E-state index contributed by atoms with van der Waals surface area (Å²) < 4.78 is 4.99. The third kappa shape index (κ3) is 13.3. The number of carbonyl (C=O) groups excluding carboxylic acids is 4. The van der Waals surface area contributed by atoms with Gasteiger partial charge in [-0.25, -0.2) is 4.79 Å². The normalized spacial score (nSPS) is 13.5. The zero-order valence-electron chi connectivity index (χ0n) is 21.8. The molecule has 0 aliphatic heterocycles. The lowest BCUT2D eigenvalue weighted by Crippen LogP contribution is -2.52. The maximum absolute atomic E-state index is 12.3. The second kappa shape index (κ2) is 17.4. The van der Waals surface area contributed by atoms with E-state index in [1.807, 2.05) is 10.6 Å². The van der Waals surface area contributed by atoms with Gasteiger partial charge in [-0.15, -0.1) is 0 Å². The third-order valence-corrected chi connectivity index (χ3v) is 5.75. The summed E-state index contributed by atoms with van der Waals surface area (Å²) in [6.45, 7) is -0.685. The van der Waals surface area contributed by atoms with Crippen molar-refractivity contribution in [1.29, 1.82) is 0 Å². The number of carboxylic acids is 3. The summed E-state index contributed by atoms with van der Waals surface area (Å²) in [5.74, 6) is -9.22. The lowest BCUT2D eigenvalue weighted by molar-refractivity contribution is -0.384. The highest BCUT2D eigenvalue weighted by Gasteiger charge is 2.30. The average Bonchev–Trinajstić information content (AvgIpc) is 2.92. The van der Waals surface area contributed by atoms with Gasteiger partial charge < -0.3 is 41.1 Å². The van der Waals surface area contributed by atoms with Crippen LogP contribution in [0.1, 0.15) is 37.4 Å². The Morgan fingerprint density at radius 2 is 1.40 bits per heavy atom. The van der Waals surface area contributed by atoms with E-state index in [-0.39, 0.29) is 11.3 Å². The predicted molar refractivity (Wildman–Crippen MR) is 142 cm³/mol. The SMILES string of the molecule is O=C(O)C[C@H](NC(=O)[C@H](CC(=O)O)NC(=O)CCC(=O)OC[C@@H](NC(=O)C(Cl)Cl)[C@H](O)c1ccc([N+](=O)[O-])cc1)C(=O)O. The van der Waals surface area contributed by atoms with Crippen LogP contribution >= 0.6 is 23.2 Å². The molecule has 0 bridgehead atoms. The van der Waals surface area contributed by atoms with Gasteiger partial charge in [-0.1, -0.05) is 23.2 Å². The smallest absolute Gasteiger partial charge is 0.326 e.